The van der Waals surface area contributed by atoms with Gasteiger partial charge in [-0.1, -0.05) is 31.0 Å². The highest BCUT2D eigenvalue weighted by atomic mass is 32.2. The van der Waals surface area contributed by atoms with Crippen LogP contribution in [0.15, 0.2) is 33.9 Å². The number of nitrogens with zero attached hydrogens (tertiary/aromatic N) is 2. The number of carbonyl (C=O) groups is 2. The maximum atomic E-state index is 12.3. The van der Waals surface area contributed by atoms with Crippen molar-refractivity contribution >= 4 is 23.7 Å². The van der Waals surface area contributed by atoms with Gasteiger partial charge < -0.3 is 14.5 Å². The number of methoxy groups -OCH3 is 1. The van der Waals surface area contributed by atoms with Crippen molar-refractivity contribution in [2.75, 3.05) is 7.11 Å². The van der Waals surface area contributed by atoms with Crippen molar-refractivity contribution in [1.82, 2.24) is 20.8 Å². The van der Waals surface area contributed by atoms with Crippen LogP contribution in [0, 0.1) is 0 Å². The van der Waals surface area contributed by atoms with Crippen molar-refractivity contribution in [3.63, 3.8) is 0 Å². The molecule has 1 heterocycles. The van der Waals surface area contributed by atoms with Gasteiger partial charge in [0.2, 0.25) is 11.8 Å². The van der Waals surface area contributed by atoms with Crippen molar-refractivity contribution < 1.29 is 18.7 Å². The quantitative estimate of drug-likeness (QED) is 0.711. The molecule has 0 spiro atoms. The van der Waals surface area contributed by atoms with Crippen molar-refractivity contribution in [2.24, 2.45) is 0 Å². The fourth-order valence-corrected chi connectivity index (χ4v) is 3.68. The Kier molecular flexibility index (Phi) is 6.91. The molecule has 28 heavy (non-hydrogen) atoms. The Morgan fingerprint density at radius 3 is 2.57 bits per heavy atom. The van der Waals surface area contributed by atoms with Gasteiger partial charge in [0.15, 0.2) is 0 Å². The van der Waals surface area contributed by atoms with Crippen molar-refractivity contribution in [2.45, 2.75) is 55.5 Å². The van der Waals surface area contributed by atoms with Gasteiger partial charge in [-0.25, -0.2) is 4.79 Å². The lowest BCUT2D eigenvalue weighted by atomic mass is 9.96. The maximum absolute atomic E-state index is 12.3. The summed E-state index contributed by atoms with van der Waals surface area (Å²) in [6.45, 7) is 1.69. The summed E-state index contributed by atoms with van der Waals surface area (Å²) in [5, 5.41) is 12.9. The van der Waals surface area contributed by atoms with Gasteiger partial charge in [-0.3, -0.25) is 10.1 Å². The minimum Gasteiger partial charge on any atom is -0.497 e. The first-order valence-corrected chi connectivity index (χ1v) is 10.2. The van der Waals surface area contributed by atoms with Gasteiger partial charge in [-0.2, -0.15) is 0 Å². The molecule has 1 aliphatic rings. The molecule has 150 valence electrons. The zero-order valence-electron chi connectivity index (χ0n) is 15.9. The standard InChI is InChI=1S/C19H24N4O4S/c1-12(16(24)21-18(25)20-14-6-4-3-5-7-14)28-19-23-22-17(27-19)13-8-10-15(26-2)11-9-13/h8-12,14H,3-7H2,1-2H3,(H2,20,21,24,25)/t12-/m0/s1. The summed E-state index contributed by atoms with van der Waals surface area (Å²) in [7, 11) is 1.60. The van der Waals surface area contributed by atoms with Crippen LogP contribution in [0.2, 0.25) is 0 Å². The lowest BCUT2D eigenvalue weighted by molar-refractivity contribution is -0.119. The molecule has 1 atom stereocenters. The van der Waals surface area contributed by atoms with E-state index in [0.717, 1.165) is 48.8 Å². The average molecular weight is 404 g/mol. The van der Waals surface area contributed by atoms with Gasteiger partial charge in [-0.15, -0.1) is 10.2 Å². The van der Waals surface area contributed by atoms with Crippen molar-refractivity contribution in [3.8, 4) is 17.2 Å². The summed E-state index contributed by atoms with van der Waals surface area (Å²) in [6.07, 6.45) is 5.34. The van der Waals surface area contributed by atoms with E-state index in [1.165, 1.54) is 6.42 Å². The monoisotopic (exact) mass is 404 g/mol. The van der Waals surface area contributed by atoms with Gasteiger partial charge in [0.05, 0.1) is 12.4 Å². The van der Waals surface area contributed by atoms with Gasteiger partial charge in [-0.05, 0) is 44.0 Å². The van der Waals surface area contributed by atoms with Crippen LogP contribution in [0.3, 0.4) is 0 Å². The summed E-state index contributed by atoms with van der Waals surface area (Å²) < 4.78 is 10.7. The Labute approximate surface area is 167 Å². The molecule has 9 heteroatoms. The zero-order chi connectivity index (χ0) is 19.9. The second-order valence-electron chi connectivity index (χ2n) is 6.66. The van der Waals surface area contributed by atoms with Crippen LogP contribution < -0.4 is 15.4 Å². The van der Waals surface area contributed by atoms with E-state index in [0.29, 0.717) is 5.89 Å². The first-order chi connectivity index (χ1) is 13.5. The molecule has 2 aromatic rings. The number of imide groups is 1. The predicted octanol–water partition coefficient (Wildman–Crippen LogP) is 3.38. The number of benzene rings is 1. The Morgan fingerprint density at radius 2 is 1.89 bits per heavy atom. The summed E-state index contributed by atoms with van der Waals surface area (Å²) in [5.74, 6) is 0.685. The zero-order valence-corrected chi connectivity index (χ0v) is 16.8. The SMILES string of the molecule is COc1ccc(-c2nnc(S[C@@H](C)C(=O)NC(=O)NC3CCCCC3)o2)cc1. The molecule has 1 saturated carbocycles. The number of nitrogens with one attached hydrogen (secondary N) is 2. The number of ether oxygens (including phenoxy) is 1. The Balaban J connectivity index is 1.50. The van der Waals surface area contributed by atoms with Crippen LogP contribution in [0.1, 0.15) is 39.0 Å². The molecule has 1 aliphatic carbocycles. The highest BCUT2D eigenvalue weighted by Gasteiger charge is 2.22. The first-order valence-electron chi connectivity index (χ1n) is 9.31. The summed E-state index contributed by atoms with van der Waals surface area (Å²) in [6, 6.07) is 6.92. The lowest BCUT2D eigenvalue weighted by Gasteiger charge is -2.22. The Bertz CT molecular complexity index is 803. The molecule has 0 unspecified atom stereocenters. The molecular weight excluding hydrogens is 380 g/mol. The average Bonchev–Trinajstić information content (AvgIpc) is 3.17. The normalized spacial score (nSPS) is 15.6. The topological polar surface area (TPSA) is 106 Å². The third-order valence-corrected chi connectivity index (χ3v) is 5.50. The van der Waals surface area contributed by atoms with E-state index in [9.17, 15) is 9.59 Å². The molecule has 2 N–H and O–H groups in total. The number of hydrogen-bond acceptors (Lipinski definition) is 7. The van der Waals surface area contributed by atoms with E-state index >= 15 is 0 Å². The Morgan fingerprint density at radius 1 is 1.18 bits per heavy atom. The van der Waals surface area contributed by atoms with Crippen LogP contribution in [-0.2, 0) is 4.79 Å². The van der Waals surface area contributed by atoms with Crippen molar-refractivity contribution in [1.29, 1.82) is 0 Å². The summed E-state index contributed by atoms with van der Waals surface area (Å²) >= 11 is 1.11. The highest BCUT2D eigenvalue weighted by molar-refractivity contribution is 8.00. The van der Waals surface area contributed by atoms with E-state index in [1.807, 2.05) is 12.1 Å². The largest absolute Gasteiger partial charge is 0.497 e. The molecule has 0 aliphatic heterocycles. The van der Waals surface area contributed by atoms with E-state index in [2.05, 4.69) is 20.8 Å². The second kappa shape index (κ2) is 9.59. The minimum absolute atomic E-state index is 0.146. The fourth-order valence-electron chi connectivity index (χ4n) is 2.99. The van der Waals surface area contributed by atoms with Gasteiger partial charge in [0.25, 0.3) is 5.22 Å². The van der Waals surface area contributed by atoms with Gasteiger partial charge in [0, 0.05) is 11.6 Å². The molecule has 1 fully saturated rings. The van der Waals surface area contributed by atoms with Crippen LogP contribution in [0.4, 0.5) is 4.79 Å². The molecular formula is C19H24N4O4S. The molecule has 1 aromatic carbocycles. The van der Waals surface area contributed by atoms with Crippen LogP contribution in [0.25, 0.3) is 11.5 Å². The van der Waals surface area contributed by atoms with Crippen molar-refractivity contribution in [3.05, 3.63) is 24.3 Å². The highest BCUT2D eigenvalue weighted by Crippen LogP contribution is 2.27. The third kappa shape index (κ3) is 5.48. The van der Waals surface area contributed by atoms with E-state index in [1.54, 1.807) is 26.2 Å². The number of rotatable bonds is 6. The molecule has 0 bridgehead atoms. The fraction of sp³-hybridized carbons (Fsp3) is 0.474. The van der Waals surface area contributed by atoms with Crippen LogP contribution in [0.5, 0.6) is 5.75 Å². The molecule has 3 rings (SSSR count). The van der Waals surface area contributed by atoms with Gasteiger partial charge >= 0.3 is 6.03 Å². The van der Waals surface area contributed by atoms with E-state index in [-0.39, 0.29) is 11.3 Å². The lowest BCUT2D eigenvalue weighted by Crippen LogP contribution is -2.47. The summed E-state index contributed by atoms with van der Waals surface area (Å²) in [5.41, 5.74) is 0.754. The predicted molar refractivity (Wildman–Crippen MR) is 105 cm³/mol. The van der Waals surface area contributed by atoms with Crippen LogP contribution in [-0.4, -0.2) is 40.5 Å². The smallest absolute Gasteiger partial charge is 0.321 e. The second-order valence-corrected chi connectivity index (χ2v) is 7.95. The minimum atomic E-state index is -0.554. The summed E-state index contributed by atoms with van der Waals surface area (Å²) in [4.78, 5) is 24.3. The number of aromatic nitrogens is 2. The van der Waals surface area contributed by atoms with E-state index < -0.39 is 17.2 Å². The number of urea groups is 1. The molecule has 0 saturated heterocycles. The number of hydrogen-bond donors (Lipinski definition) is 2. The third-order valence-electron chi connectivity index (χ3n) is 4.57. The molecule has 0 radical (unpaired) electrons. The number of carbonyl (C=O) groups excluding carboxylic acids is 2. The number of thioether (sulfide) groups is 1. The Hall–Kier alpha value is -2.55. The molecule has 8 nitrogen and oxygen atoms in total. The first kappa shape index (κ1) is 20.2. The number of amides is 3. The molecule has 1 aromatic heterocycles. The maximum Gasteiger partial charge on any atom is 0.321 e. The van der Waals surface area contributed by atoms with E-state index in [4.69, 9.17) is 9.15 Å². The van der Waals surface area contributed by atoms with Gasteiger partial charge in [0.1, 0.15) is 5.75 Å². The van der Waals surface area contributed by atoms with Crippen LogP contribution >= 0.6 is 11.8 Å². The molecule has 3 amide bonds.